The molecule has 0 saturated carbocycles. The molecule has 0 spiro atoms. The number of β-amino-alcohol motifs (C(OH)–C–C–N with tert-alkyl or cyclic N) is 1. The summed E-state index contributed by atoms with van der Waals surface area (Å²) in [5, 5.41) is 12.8. The third-order valence-electron chi connectivity index (χ3n) is 2.51. The van der Waals surface area contributed by atoms with Crippen molar-refractivity contribution in [2.45, 2.75) is 18.9 Å². The third-order valence-corrected chi connectivity index (χ3v) is 2.51. The average molecular weight is 178 g/mol. The molecule has 1 aliphatic heterocycles. The van der Waals surface area contributed by atoms with E-state index in [-0.39, 0.29) is 12.0 Å². The average Bonchev–Trinajstić information content (AvgIpc) is 2.51. The zero-order valence-corrected chi connectivity index (χ0v) is 7.70. The Labute approximate surface area is 77.8 Å². The Morgan fingerprint density at radius 3 is 2.92 bits per heavy atom. The van der Waals surface area contributed by atoms with Crippen molar-refractivity contribution in [3.05, 3.63) is 29.6 Å². The van der Waals surface area contributed by atoms with Crippen molar-refractivity contribution < 1.29 is 5.11 Å². The normalized spacial score (nSPS) is 27.8. The van der Waals surface area contributed by atoms with Gasteiger partial charge >= 0.3 is 0 Å². The maximum atomic E-state index is 9.64. The van der Waals surface area contributed by atoms with E-state index >= 15 is 0 Å². The van der Waals surface area contributed by atoms with Gasteiger partial charge in [-0.1, -0.05) is 6.07 Å². The highest BCUT2D eigenvalue weighted by Gasteiger charge is 2.26. The molecule has 1 saturated heterocycles. The Morgan fingerprint density at radius 2 is 2.31 bits per heavy atom. The van der Waals surface area contributed by atoms with E-state index in [1.807, 2.05) is 19.3 Å². The van der Waals surface area contributed by atoms with E-state index in [1.54, 1.807) is 0 Å². The lowest BCUT2D eigenvalue weighted by Gasteiger charge is -2.13. The summed E-state index contributed by atoms with van der Waals surface area (Å²) in [4.78, 5) is 4.12. The van der Waals surface area contributed by atoms with Crippen molar-refractivity contribution in [1.29, 1.82) is 0 Å². The molecule has 3 heteroatoms. The first-order valence-electron chi connectivity index (χ1n) is 4.57. The summed E-state index contributed by atoms with van der Waals surface area (Å²) in [5.41, 5.74) is 2.29. The summed E-state index contributed by atoms with van der Waals surface area (Å²) >= 11 is 0. The molecule has 0 amide bonds. The quantitative estimate of drug-likeness (QED) is 0.656. The lowest BCUT2D eigenvalue weighted by Crippen LogP contribution is -2.16. The van der Waals surface area contributed by atoms with Gasteiger partial charge in [0, 0.05) is 31.4 Å². The molecule has 3 nitrogen and oxygen atoms in total. The summed E-state index contributed by atoms with van der Waals surface area (Å²) in [7, 11) is 0. The second-order valence-corrected chi connectivity index (χ2v) is 3.63. The molecule has 0 aromatic carbocycles. The number of aryl methyl sites for hydroxylation is 1. The lowest BCUT2D eigenvalue weighted by atomic mass is 9.97. The van der Waals surface area contributed by atoms with E-state index < -0.39 is 0 Å². The molecular weight excluding hydrogens is 164 g/mol. The van der Waals surface area contributed by atoms with Crippen LogP contribution in [0.4, 0.5) is 0 Å². The zero-order valence-electron chi connectivity index (χ0n) is 7.70. The van der Waals surface area contributed by atoms with Crippen molar-refractivity contribution >= 4 is 0 Å². The van der Waals surface area contributed by atoms with Gasteiger partial charge in [-0.15, -0.1) is 0 Å². The maximum Gasteiger partial charge on any atom is 0.0745 e. The van der Waals surface area contributed by atoms with Crippen LogP contribution in [-0.4, -0.2) is 29.3 Å². The fraction of sp³-hybridized carbons (Fsp3) is 0.500. The number of rotatable bonds is 1. The summed E-state index contributed by atoms with van der Waals surface area (Å²) < 4.78 is 0. The van der Waals surface area contributed by atoms with Gasteiger partial charge in [-0.25, -0.2) is 0 Å². The molecule has 13 heavy (non-hydrogen) atoms. The fourth-order valence-corrected chi connectivity index (χ4v) is 1.79. The van der Waals surface area contributed by atoms with Crippen LogP contribution in [0.3, 0.4) is 0 Å². The monoisotopic (exact) mass is 178 g/mol. The highest BCUT2D eigenvalue weighted by atomic mass is 16.3. The second-order valence-electron chi connectivity index (χ2n) is 3.63. The number of aliphatic hydroxyl groups is 1. The molecule has 1 aliphatic rings. The number of nitrogens with one attached hydrogen (secondary N) is 1. The lowest BCUT2D eigenvalue weighted by molar-refractivity contribution is 0.177. The number of hydrogen-bond acceptors (Lipinski definition) is 3. The number of aromatic nitrogens is 1. The van der Waals surface area contributed by atoms with Gasteiger partial charge in [-0.05, 0) is 18.1 Å². The minimum Gasteiger partial charge on any atom is -0.391 e. The predicted molar refractivity (Wildman–Crippen MR) is 50.6 cm³/mol. The molecule has 1 aromatic heterocycles. The highest BCUT2D eigenvalue weighted by molar-refractivity contribution is 5.23. The van der Waals surface area contributed by atoms with Crippen LogP contribution in [-0.2, 0) is 0 Å². The van der Waals surface area contributed by atoms with E-state index in [4.69, 9.17) is 0 Å². The zero-order chi connectivity index (χ0) is 9.26. The second kappa shape index (κ2) is 3.44. The van der Waals surface area contributed by atoms with Gasteiger partial charge in [0.05, 0.1) is 6.10 Å². The first-order valence-corrected chi connectivity index (χ1v) is 4.57. The highest BCUT2D eigenvalue weighted by Crippen LogP contribution is 2.22. The minimum atomic E-state index is -0.261. The molecule has 2 atom stereocenters. The van der Waals surface area contributed by atoms with Gasteiger partial charge in [0.2, 0.25) is 0 Å². The molecule has 1 aromatic rings. The standard InChI is InChI=1S/C10H14N2O/c1-7-2-8(4-11-3-7)9-5-12-6-10(9)13/h2-4,9-10,12-13H,5-6H2,1H3/t9-,10+/m0/s1. The first kappa shape index (κ1) is 8.66. The van der Waals surface area contributed by atoms with Crippen molar-refractivity contribution in [3.8, 4) is 0 Å². The van der Waals surface area contributed by atoms with Crippen LogP contribution in [0, 0.1) is 6.92 Å². The summed E-state index contributed by atoms with van der Waals surface area (Å²) in [6, 6.07) is 2.09. The van der Waals surface area contributed by atoms with Crippen LogP contribution in [0.25, 0.3) is 0 Å². The molecule has 2 N–H and O–H groups in total. The molecule has 0 radical (unpaired) electrons. The molecule has 70 valence electrons. The van der Waals surface area contributed by atoms with Crippen LogP contribution in [0.15, 0.2) is 18.5 Å². The number of hydrogen-bond donors (Lipinski definition) is 2. The van der Waals surface area contributed by atoms with Crippen molar-refractivity contribution in [3.63, 3.8) is 0 Å². The minimum absolute atomic E-state index is 0.215. The van der Waals surface area contributed by atoms with Gasteiger partial charge in [0.1, 0.15) is 0 Å². The molecule has 0 bridgehead atoms. The van der Waals surface area contributed by atoms with Crippen molar-refractivity contribution in [2.75, 3.05) is 13.1 Å². The molecule has 1 fully saturated rings. The Morgan fingerprint density at radius 1 is 1.46 bits per heavy atom. The SMILES string of the molecule is Cc1cncc([C@@H]2CNC[C@H]2O)c1. The summed E-state index contributed by atoms with van der Waals surface area (Å²) in [6.45, 7) is 3.57. The van der Waals surface area contributed by atoms with Crippen molar-refractivity contribution in [2.24, 2.45) is 0 Å². The Kier molecular flexibility index (Phi) is 2.29. The van der Waals surface area contributed by atoms with Crippen LogP contribution in [0.5, 0.6) is 0 Å². The Bertz CT molecular complexity index is 301. The van der Waals surface area contributed by atoms with E-state index in [0.717, 1.165) is 17.7 Å². The van der Waals surface area contributed by atoms with Crippen LogP contribution in [0.1, 0.15) is 17.0 Å². The summed E-state index contributed by atoms with van der Waals surface area (Å²) in [6.07, 6.45) is 3.41. The van der Waals surface area contributed by atoms with Crippen molar-refractivity contribution in [1.82, 2.24) is 10.3 Å². The number of pyridine rings is 1. The predicted octanol–water partition coefficient (Wildman–Crippen LogP) is 0.438. The topological polar surface area (TPSA) is 45.2 Å². The van der Waals surface area contributed by atoms with Gasteiger partial charge in [0.15, 0.2) is 0 Å². The van der Waals surface area contributed by atoms with E-state index in [1.165, 1.54) is 0 Å². The Balaban J connectivity index is 2.24. The molecule has 0 aliphatic carbocycles. The maximum absolute atomic E-state index is 9.64. The number of nitrogens with zero attached hydrogens (tertiary/aromatic N) is 1. The van der Waals surface area contributed by atoms with Gasteiger partial charge in [-0.3, -0.25) is 4.98 Å². The van der Waals surface area contributed by atoms with Gasteiger partial charge < -0.3 is 10.4 Å². The third kappa shape index (κ3) is 1.71. The molecule has 2 heterocycles. The van der Waals surface area contributed by atoms with Crippen LogP contribution < -0.4 is 5.32 Å². The van der Waals surface area contributed by atoms with E-state index in [2.05, 4.69) is 16.4 Å². The van der Waals surface area contributed by atoms with E-state index in [9.17, 15) is 5.11 Å². The molecule has 2 rings (SSSR count). The first-order chi connectivity index (χ1) is 6.27. The fourth-order valence-electron chi connectivity index (χ4n) is 1.79. The van der Waals surface area contributed by atoms with Crippen LogP contribution in [0.2, 0.25) is 0 Å². The largest absolute Gasteiger partial charge is 0.391 e. The number of aliphatic hydroxyl groups excluding tert-OH is 1. The summed E-state index contributed by atoms with van der Waals surface area (Å²) in [5.74, 6) is 0.215. The molecule has 0 unspecified atom stereocenters. The molecular formula is C10H14N2O. The smallest absolute Gasteiger partial charge is 0.0745 e. The Hall–Kier alpha value is -0.930. The van der Waals surface area contributed by atoms with Crippen LogP contribution >= 0.6 is 0 Å². The van der Waals surface area contributed by atoms with Gasteiger partial charge in [0.25, 0.3) is 0 Å². The van der Waals surface area contributed by atoms with Gasteiger partial charge in [-0.2, -0.15) is 0 Å². The van der Waals surface area contributed by atoms with E-state index in [0.29, 0.717) is 6.54 Å².